The minimum absolute atomic E-state index is 0.337. The molecule has 0 aromatic heterocycles. The van der Waals surface area contributed by atoms with Gasteiger partial charge in [0.05, 0.1) is 11.9 Å². The molecule has 0 saturated heterocycles. The van der Waals surface area contributed by atoms with Gasteiger partial charge in [-0.1, -0.05) is 33.6 Å². The van der Waals surface area contributed by atoms with E-state index in [0.29, 0.717) is 22.0 Å². The number of rotatable bonds is 5. The number of aryl methyl sites for hydroxylation is 1. The number of sulfonamides is 1. The summed E-state index contributed by atoms with van der Waals surface area (Å²) < 4.78 is 26.2. The molecule has 2 aromatic rings. The van der Waals surface area contributed by atoms with Crippen LogP contribution in [0.5, 0.6) is 0 Å². The van der Waals surface area contributed by atoms with Crippen molar-refractivity contribution < 1.29 is 13.2 Å². The molecule has 0 bridgehead atoms. The lowest BCUT2D eigenvalue weighted by atomic mass is 10.2. The van der Waals surface area contributed by atoms with Crippen molar-refractivity contribution >= 4 is 54.8 Å². The lowest BCUT2D eigenvalue weighted by Crippen LogP contribution is -2.37. The highest BCUT2D eigenvalue weighted by molar-refractivity contribution is 9.10. The molecule has 0 unspecified atom stereocenters. The molecule has 0 saturated carbocycles. The van der Waals surface area contributed by atoms with Crippen molar-refractivity contribution in [3.8, 4) is 0 Å². The van der Waals surface area contributed by atoms with Gasteiger partial charge in [0.2, 0.25) is 15.9 Å². The first-order chi connectivity index (χ1) is 11.2. The summed E-state index contributed by atoms with van der Waals surface area (Å²) in [6.45, 7) is 1.42. The summed E-state index contributed by atoms with van der Waals surface area (Å²) in [4.78, 5) is 12.3. The standard InChI is InChI=1S/C16H16BrClN2O3S/c1-11-3-6-13(18)9-15(11)20(24(2,22)23)10-16(21)19-14-7-4-12(17)5-8-14/h3-9H,10H2,1-2H3,(H,19,21). The van der Waals surface area contributed by atoms with Crippen molar-refractivity contribution in [2.24, 2.45) is 0 Å². The van der Waals surface area contributed by atoms with E-state index in [1.165, 1.54) is 6.07 Å². The molecule has 2 rings (SSSR count). The Morgan fingerprint density at radius 1 is 1.21 bits per heavy atom. The number of halogens is 2. The van der Waals surface area contributed by atoms with Crippen molar-refractivity contribution in [3.63, 3.8) is 0 Å². The highest BCUT2D eigenvalue weighted by Gasteiger charge is 2.22. The molecule has 128 valence electrons. The minimum atomic E-state index is -3.64. The van der Waals surface area contributed by atoms with Gasteiger partial charge < -0.3 is 5.32 Å². The van der Waals surface area contributed by atoms with Crippen LogP contribution in [0.3, 0.4) is 0 Å². The number of nitrogens with one attached hydrogen (secondary N) is 1. The highest BCUT2D eigenvalue weighted by atomic mass is 79.9. The van der Waals surface area contributed by atoms with Crippen LogP contribution in [0, 0.1) is 6.92 Å². The molecule has 2 aromatic carbocycles. The summed E-state index contributed by atoms with van der Waals surface area (Å²) in [6, 6.07) is 11.9. The Morgan fingerprint density at radius 3 is 2.42 bits per heavy atom. The average Bonchev–Trinajstić information content (AvgIpc) is 2.49. The zero-order valence-corrected chi connectivity index (χ0v) is 16.2. The second kappa shape index (κ2) is 7.55. The number of anilines is 2. The number of nitrogens with zero attached hydrogens (tertiary/aromatic N) is 1. The fourth-order valence-corrected chi connectivity index (χ4v) is 3.43. The number of carbonyl (C=O) groups excluding carboxylic acids is 1. The fourth-order valence-electron chi connectivity index (χ4n) is 2.10. The molecule has 0 aliphatic heterocycles. The first-order valence-corrected chi connectivity index (χ1v) is 9.98. The third-order valence-electron chi connectivity index (χ3n) is 3.26. The van der Waals surface area contributed by atoms with E-state index in [-0.39, 0.29) is 6.54 Å². The number of hydrogen-bond acceptors (Lipinski definition) is 3. The van der Waals surface area contributed by atoms with E-state index in [1.807, 2.05) is 0 Å². The third-order valence-corrected chi connectivity index (χ3v) is 5.15. The molecule has 5 nitrogen and oxygen atoms in total. The predicted octanol–water partition coefficient (Wildman–Crippen LogP) is 3.82. The molecule has 1 amide bonds. The molecule has 24 heavy (non-hydrogen) atoms. The Hall–Kier alpha value is -1.57. The topological polar surface area (TPSA) is 66.5 Å². The van der Waals surface area contributed by atoms with Gasteiger partial charge in [-0.3, -0.25) is 9.10 Å². The van der Waals surface area contributed by atoms with Gasteiger partial charge in [0.1, 0.15) is 6.54 Å². The SMILES string of the molecule is Cc1ccc(Cl)cc1N(CC(=O)Nc1ccc(Br)cc1)S(C)(=O)=O. The van der Waals surface area contributed by atoms with Crippen molar-refractivity contribution in [2.75, 3.05) is 22.4 Å². The normalized spacial score (nSPS) is 11.2. The second-order valence-corrected chi connectivity index (χ2v) is 8.51. The molecular weight excluding hydrogens is 416 g/mol. The number of amides is 1. The summed E-state index contributed by atoms with van der Waals surface area (Å²) in [5.74, 6) is -0.442. The summed E-state index contributed by atoms with van der Waals surface area (Å²) >= 11 is 9.28. The molecule has 1 N–H and O–H groups in total. The lowest BCUT2D eigenvalue weighted by molar-refractivity contribution is -0.114. The van der Waals surface area contributed by atoms with Crippen LogP contribution in [0.4, 0.5) is 11.4 Å². The van der Waals surface area contributed by atoms with E-state index < -0.39 is 15.9 Å². The van der Waals surface area contributed by atoms with E-state index >= 15 is 0 Å². The van der Waals surface area contributed by atoms with Crippen LogP contribution < -0.4 is 9.62 Å². The number of carbonyl (C=O) groups is 1. The van der Waals surface area contributed by atoms with Gasteiger partial charge in [-0.05, 0) is 48.9 Å². The maximum absolute atomic E-state index is 12.3. The Balaban J connectivity index is 2.25. The second-order valence-electron chi connectivity index (χ2n) is 5.26. The third kappa shape index (κ3) is 4.96. The van der Waals surface area contributed by atoms with E-state index in [0.717, 1.165) is 15.0 Å². The lowest BCUT2D eigenvalue weighted by Gasteiger charge is -2.23. The van der Waals surface area contributed by atoms with Gasteiger partial charge in [-0.15, -0.1) is 0 Å². The van der Waals surface area contributed by atoms with Crippen LogP contribution in [0.2, 0.25) is 5.02 Å². The zero-order valence-electron chi connectivity index (χ0n) is 13.1. The summed E-state index contributed by atoms with van der Waals surface area (Å²) in [5, 5.41) is 3.08. The fraction of sp³-hybridized carbons (Fsp3) is 0.188. The van der Waals surface area contributed by atoms with Crippen LogP contribution in [0.25, 0.3) is 0 Å². The van der Waals surface area contributed by atoms with Crippen molar-refractivity contribution in [1.29, 1.82) is 0 Å². The molecule has 0 heterocycles. The first-order valence-electron chi connectivity index (χ1n) is 6.96. The number of hydrogen-bond donors (Lipinski definition) is 1. The Kier molecular flexibility index (Phi) is 5.90. The molecule has 0 aliphatic rings. The largest absolute Gasteiger partial charge is 0.325 e. The van der Waals surface area contributed by atoms with E-state index in [4.69, 9.17) is 11.6 Å². The quantitative estimate of drug-likeness (QED) is 0.783. The van der Waals surface area contributed by atoms with Crippen LogP contribution in [-0.2, 0) is 14.8 Å². The predicted molar refractivity (Wildman–Crippen MR) is 101 cm³/mol. The molecule has 0 radical (unpaired) electrons. The van der Waals surface area contributed by atoms with Crippen molar-refractivity contribution in [3.05, 3.63) is 57.5 Å². The Labute approximate surface area is 154 Å². The van der Waals surface area contributed by atoms with Crippen molar-refractivity contribution in [1.82, 2.24) is 0 Å². The number of benzene rings is 2. The van der Waals surface area contributed by atoms with E-state index in [1.54, 1.807) is 43.3 Å². The Morgan fingerprint density at radius 2 is 1.83 bits per heavy atom. The van der Waals surface area contributed by atoms with Gasteiger partial charge in [0, 0.05) is 15.2 Å². The minimum Gasteiger partial charge on any atom is -0.325 e. The van der Waals surface area contributed by atoms with Gasteiger partial charge in [-0.2, -0.15) is 0 Å². The summed E-state index contributed by atoms with van der Waals surface area (Å²) in [7, 11) is -3.64. The average molecular weight is 432 g/mol. The summed E-state index contributed by atoms with van der Waals surface area (Å²) in [6.07, 6.45) is 1.06. The van der Waals surface area contributed by atoms with Crippen LogP contribution >= 0.6 is 27.5 Å². The summed E-state index contributed by atoms with van der Waals surface area (Å²) in [5.41, 5.74) is 1.68. The monoisotopic (exact) mass is 430 g/mol. The van der Waals surface area contributed by atoms with Gasteiger partial charge in [0.25, 0.3) is 0 Å². The maximum atomic E-state index is 12.3. The van der Waals surface area contributed by atoms with E-state index in [2.05, 4.69) is 21.2 Å². The maximum Gasteiger partial charge on any atom is 0.245 e. The highest BCUT2D eigenvalue weighted by Crippen LogP contribution is 2.26. The van der Waals surface area contributed by atoms with Crippen LogP contribution in [0.1, 0.15) is 5.56 Å². The molecular formula is C16H16BrClN2O3S. The Bertz CT molecular complexity index is 854. The molecule has 0 fully saturated rings. The van der Waals surface area contributed by atoms with Gasteiger partial charge in [-0.25, -0.2) is 8.42 Å². The van der Waals surface area contributed by atoms with Crippen molar-refractivity contribution in [2.45, 2.75) is 6.92 Å². The molecule has 0 aliphatic carbocycles. The van der Waals surface area contributed by atoms with Crippen LogP contribution in [-0.4, -0.2) is 27.1 Å². The van der Waals surface area contributed by atoms with Crippen LogP contribution in [0.15, 0.2) is 46.9 Å². The zero-order chi connectivity index (χ0) is 17.9. The molecule has 0 atom stereocenters. The van der Waals surface area contributed by atoms with E-state index in [9.17, 15) is 13.2 Å². The van der Waals surface area contributed by atoms with Gasteiger partial charge in [0.15, 0.2) is 0 Å². The molecule has 0 spiro atoms. The smallest absolute Gasteiger partial charge is 0.245 e. The molecule has 8 heteroatoms. The first kappa shape index (κ1) is 18.8. The van der Waals surface area contributed by atoms with Gasteiger partial charge >= 0.3 is 0 Å².